The summed E-state index contributed by atoms with van der Waals surface area (Å²) in [5.41, 5.74) is 5.97. The van der Waals surface area contributed by atoms with E-state index in [9.17, 15) is 4.79 Å². The van der Waals surface area contributed by atoms with Crippen LogP contribution in [0.2, 0.25) is 0 Å². The highest BCUT2D eigenvalue weighted by Gasteiger charge is 2.11. The molecule has 1 amide bonds. The van der Waals surface area contributed by atoms with Crippen LogP contribution in [-0.4, -0.2) is 12.5 Å². The fourth-order valence-corrected chi connectivity index (χ4v) is 2.69. The number of nitrogens with two attached hydrogens (primary N) is 1. The van der Waals surface area contributed by atoms with Crippen molar-refractivity contribution in [1.29, 1.82) is 0 Å². The number of carbonyl (C=O) groups excluding carboxylic acids is 1. The van der Waals surface area contributed by atoms with Crippen molar-refractivity contribution in [2.45, 2.75) is 19.9 Å². The number of hydrogen-bond donors (Lipinski definition) is 2. The molecule has 1 unspecified atom stereocenters. The highest BCUT2D eigenvalue weighted by atomic mass is 35.5. The van der Waals surface area contributed by atoms with Crippen molar-refractivity contribution in [2.24, 2.45) is 11.7 Å². The van der Waals surface area contributed by atoms with Crippen molar-refractivity contribution < 1.29 is 9.21 Å². The molecule has 0 bridgehead atoms. The number of carbonyl (C=O) groups is 1. The summed E-state index contributed by atoms with van der Waals surface area (Å²) >= 11 is 1.75. The van der Waals surface area contributed by atoms with Gasteiger partial charge < -0.3 is 15.5 Å². The molecule has 2 rings (SSSR count). The lowest BCUT2D eigenvalue weighted by atomic mass is 10.1. The lowest BCUT2D eigenvalue weighted by Crippen LogP contribution is -2.28. The molecule has 6 heteroatoms. The van der Waals surface area contributed by atoms with Gasteiger partial charge in [-0.3, -0.25) is 4.79 Å². The van der Waals surface area contributed by atoms with Gasteiger partial charge in [0, 0.05) is 11.4 Å². The summed E-state index contributed by atoms with van der Waals surface area (Å²) in [4.78, 5) is 13.2. The van der Waals surface area contributed by atoms with E-state index in [1.165, 1.54) is 11.1 Å². The third kappa shape index (κ3) is 4.67. The Labute approximate surface area is 128 Å². The lowest BCUT2D eigenvalue weighted by molar-refractivity contribution is 0.0947. The van der Waals surface area contributed by atoms with E-state index >= 15 is 0 Å². The molecule has 3 N–H and O–H groups in total. The first-order chi connectivity index (χ1) is 9.19. The minimum Gasteiger partial charge on any atom is -0.467 e. The van der Waals surface area contributed by atoms with Gasteiger partial charge in [0.1, 0.15) is 12.0 Å². The van der Waals surface area contributed by atoms with Gasteiger partial charge >= 0.3 is 0 Å². The summed E-state index contributed by atoms with van der Waals surface area (Å²) < 4.78 is 5.14. The van der Waals surface area contributed by atoms with Gasteiger partial charge in [-0.2, -0.15) is 0 Å². The maximum atomic E-state index is 11.9. The van der Waals surface area contributed by atoms with E-state index in [0.717, 1.165) is 6.42 Å². The third-order valence-electron chi connectivity index (χ3n) is 2.86. The van der Waals surface area contributed by atoms with Crippen LogP contribution in [0.5, 0.6) is 0 Å². The topological polar surface area (TPSA) is 68.3 Å². The molecule has 20 heavy (non-hydrogen) atoms. The van der Waals surface area contributed by atoms with Crippen LogP contribution >= 0.6 is 23.7 Å². The third-order valence-corrected chi connectivity index (χ3v) is 3.76. The number of rotatable bonds is 6. The molecule has 0 saturated heterocycles. The monoisotopic (exact) mass is 314 g/mol. The van der Waals surface area contributed by atoms with Crippen molar-refractivity contribution in [3.63, 3.8) is 0 Å². The Bertz CT molecular complexity index is 525. The summed E-state index contributed by atoms with van der Waals surface area (Å²) in [7, 11) is 0. The lowest BCUT2D eigenvalue weighted by Gasteiger charge is -2.10. The van der Waals surface area contributed by atoms with Crippen LogP contribution in [0.15, 0.2) is 34.3 Å². The first kappa shape index (κ1) is 16.8. The molecule has 0 radical (unpaired) electrons. The number of halogens is 1. The van der Waals surface area contributed by atoms with Crippen molar-refractivity contribution in [2.75, 3.05) is 6.54 Å². The Balaban J connectivity index is 0.00000200. The quantitative estimate of drug-likeness (QED) is 0.861. The zero-order valence-corrected chi connectivity index (χ0v) is 12.9. The molecule has 1 atom stereocenters. The molecule has 4 nitrogen and oxygen atoms in total. The van der Waals surface area contributed by atoms with Crippen LogP contribution in [0, 0.1) is 5.92 Å². The van der Waals surface area contributed by atoms with Gasteiger partial charge in [0.15, 0.2) is 0 Å². The average molecular weight is 315 g/mol. The summed E-state index contributed by atoms with van der Waals surface area (Å²) in [5.74, 6) is 0.918. The summed E-state index contributed by atoms with van der Waals surface area (Å²) in [6.07, 6.45) is 2.43. The van der Waals surface area contributed by atoms with Crippen LogP contribution in [0.1, 0.15) is 27.9 Å². The van der Waals surface area contributed by atoms with E-state index < -0.39 is 0 Å². The first-order valence-electron chi connectivity index (χ1n) is 6.27. The number of thiophene rings is 1. The zero-order valence-electron chi connectivity index (χ0n) is 11.3. The van der Waals surface area contributed by atoms with E-state index in [1.54, 1.807) is 17.4 Å². The normalized spacial score (nSPS) is 11.7. The molecule has 0 aliphatic heterocycles. The molecule has 0 saturated carbocycles. The highest BCUT2D eigenvalue weighted by molar-refractivity contribution is 7.09. The molecule has 0 aliphatic carbocycles. The molecule has 2 aromatic rings. The Hall–Kier alpha value is -1.30. The SMILES string of the molecule is CC(CNC(=O)c1coc(CN)c1)Cc1cccs1.Cl. The Kier molecular flexibility index (Phi) is 6.78. The fraction of sp³-hybridized carbons (Fsp3) is 0.357. The maximum Gasteiger partial charge on any atom is 0.254 e. The minimum atomic E-state index is -0.110. The van der Waals surface area contributed by atoms with E-state index in [0.29, 0.717) is 30.3 Å². The van der Waals surface area contributed by atoms with Crippen molar-refractivity contribution >= 4 is 29.7 Å². The molecular formula is C14H19ClN2O2S. The van der Waals surface area contributed by atoms with Crippen molar-refractivity contribution in [3.05, 3.63) is 46.0 Å². The smallest absolute Gasteiger partial charge is 0.254 e. The van der Waals surface area contributed by atoms with Crippen LogP contribution in [0.3, 0.4) is 0 Å². The maximum absolute atomic E-state index is 11.9. The van der Waals surface area contributed by atoms with E-state index in [-0.39, 0.29) is 18.3 Å². The van der Waals surface area contributed by atoms with Crippen LogP contribution < -0.4 is 11.1 Å². The van der Waals surface area contributed by atoms with Gasteiger partial charge in [0.2, 0.25) is 0 Å². The van der Waals surface area contributed by atoms with Crippen molar-refractivity contribution in [1.82, 2.24) is 5.32 Å². The van der Waals surface area contributed by atoms with Gasteiger partial charge in [-0.1, -0.05) is 13.0 Å². The van der Waals surface area contributed by atoms with Gasteiger partial charge in [-0.15, -0.1) is 23.7 Å². The van der Waals surface area contributed by atoms with Gasteiger partial charge in [-0.25, -0.2) is 0 Å². The average Bonchev–Trinajstić information content (AvgIpc) is 3.06. The molecule has 2 aromatic heterocycles. The predicted octanol–water partition coefficient (Wildman–Crippen LogP) is 2.83. The summed E-state index contributed by atoms with van der Waals surface area (Å²) in [6.45, 7) is 3.09. The Morgan fingerprint density at radius 2 is 2.35 bits per heavy atom. The van der Waals surface area contributed by atoms with Crippen LogP contribution in [0.4, 0.5) is 0 Å². The fourth-order valence-electron chi connectivity index (χ4n) is 1.82. The first-order valence-corrected chi connectivity index (χ1v) is 7.15. The largest absolute Gasteiger partial charge is 0.467 e. The number of furan rings is 1. The molecule has 0 aliphatic rings. The van der Waals surface area contributed by atoms with Crippen LogP contribution in [0.25, 0.3) is 0 Å². The summed E-state index contributed by atoms with van der Waals surface area (Å²) in [5, 5.41) is 4.98. The second-order valence-corrected chi connectivity index (χ2v) is 5.64. The Morgan fingerprint density at radius 3 is 2.95 bits per heavy atom. The zero-order chi connectivity index (χ0) is 13.7. The van der Waals surface area contributed by atoms with E-state index in [1.807, 2.05) is 6.07 Å². The summed E-state index contributed by atoms with van der Waals surface area (Å²) in [6, 6.07) is 5.84. The number of hydrogen-bond acceptors (Lipinski definition) is 4. The second kappa shape index (κ2) is 8.09. The van der Waals surface area contributed by atoms with E-state index in [2.05, 4.69) is 23.7 Å². The number of nitrogens with one attached hydrogen (secondary N) is 1. The molecule has 2 heterocycles. The molecule has 0 aromatic carbocycles. The minimum absolute atomic E-state index is 0. The van der Waals surface area contributed by atoms with Crippen LogP contribution in [-0.2, 0) is 13.0 Å². The van der Waals surface area contributed by atoms with Gasteiger partial charge in [0.05, 0.1) is 12.1 Å². The Morgan fingerprint density at radius 1 is 1.55 bits per heavy atom. The molecule has 0 spiro atoms. The van der Waals surface area contributed by atoms with Gasteiger partial charge in [-0.05, 0) is 29.9 Å². The molecule has 110 valence electrons. The number of amides is 1. The standard InChI is InChI=1S/C14H18N2O2S.ClH/c1-10(5-13-3-2-4-19-13)8-16-14(17)11-6-12(7-15)18-9-11;/h2-4,6,9-10H,5,7-8,15H2,1H3,(H,16,17);1H. The van der Waals surface area contributed by atoms with E-state index in [4.69, 9.17) is 10.2 Å². The van der Waals surface area contributed by atoms with Gasteiger partial charge in [0.25, 0.3) is 5.91 Å². The second-order valence-electron chi connectivity index (χ2n) is 4.60. The highest BCUT2D eigenvalue weighted by Crippen LogP contribution is 2.14. The predicted molar refractivity (Wildman–Crippen MR) is 83.4 cm³/mol. The molecular weight excluding hydrogens is 296 g/mol. The van der Waals surface area contributed by atoms with Crippen molar-refractivity contribution in [3.8, 4) is 0 Å². The molecule has 0 fully saturated rings.